The first-order valence-corrected chi connectivity index (χ1v) is 10.2. The number of esters is 1. The summed E-state index contributed by atoms with van der Waals surface area (Å²) in [6.07, 6.45) is 1.46. The lowest BCUT2D eigenvalue weighted by molar-refractivity contribution is -0.384. The largest absolute Gasteiger partial charge is 0.464 e. The van der Waals surface area contributed by atoms with E-state index in [0.29, 0.717) is 49.3 Å². The molecule has 2 fully saturated rings. The van der Waals surface area contributed by atoms with E-state index in [4.69, 9.17) is 9.47 Å². The summed E-state index contributed by atoms with van der Waals surface area (Å²) in [6.45, 7) is 5.41. The molecule has 10 nitrogen and oxygen atoms in total. The van der Waals surface area contributed by atoms with Gasteiger partial charge < -0.3 is 14.4 Å². The molecule has 0 aliphatic carbocycles. The van der Waals surface area contributed by atoms with Gasteiger partial charge in [-0.25, -0.2) is 4.79 Å². The predicted molar refractivity (Wildman–Crippen MR) is 110 cm³/mol. The van der Waals surface area contributed by atoms with Crippen LogP contribution in [0.4, 0.5) is 16.2 Å². The van der Waals surface area contributed by atoms with Crippen LogP contribution >= 0.6 is 11.8 Å². The minimum atomic E-state index is -1.06. The molecule has 1 aromatic rings. The maximum atomic E-state index is 12.8. The summed E-state index contributed by atoms with van der Waals surface area (Å²) in [5.41, 5.74) is 1.02. The van der Waals surface area contributed by atoms with E-state index in [2.05, 4.69) is 0 Å². The first-order chi connectivity index (χ1) is 14.3. The lowest BCUT2D eigenvalue weighted by Gasteiger charge is -2.30. The number of rotatable bonds is 6. The van der Waals surface area contributed by atoms with Crippen molar-refractivity contribution in [1.29, 1.82) is 0 Å². The van der Waals surface area contributed by atoms with Crippen LogP contribution in [0.25, 0.3) is 6.08 Å². The van der Waals surface area contributed by atoms with E-state index in [1.807, 2.05) is 4.90 Å². The van der Waals surface area contributed by atoms with E-state index in [1.54, 1.807) is 13.0 Å². The van der Waals surface area contributed by atoms with Crippen molar-refractivity contribution >= 4 is 46.3 Å². The third-order valence-corrected chi connectivity index (χ3v) is 5.58. The molecule has 0 aromatic heterocycles. The molecule has 0 bridgehead atoms. The molecule has 0 saturated carbocycles. The molecular weight excluding hydrogens is 414 g/mol. The van der Waals surface area contributed by atoms with Crippen molar-refractivity contribution < 1.29 is 28.8 Å². The molecule has 1 atom stereocenters. The van der Waals surface area contributed by atoms with Crippen LogP contribution in [0.5, 0.6) is 0 Å². The number of nitro groups is 1. The van der Waals surface area contributed by atoms with Crippen LogP contribution in [-0.4, -0.2) is 65.9 Å². The van der Waals surface area contributed by atoms with Gasteiger partial charge in [-0.3, -0.25) is 24.6 Å². The SMILES string of the molecule is CCOC(=O)[C@H](C)N1C(=O)S/C(=C\c2cc([N+](=O)[O-])ccc2N2CCOCC2)C1=O. The average Bonchev–Trinajstić information content (AvgIpc) is 3.01. The van der Waals surface area contributed by atoms with Gasteiger partial charge in [0.1, 0.15) is 6.04 Å². The molecule has 0 unspecified atom stereocenters. The molecule has 0 radical (unpaired) electrons. The smallest absolute Gasteiger partial charge is 0.329 e. The van der Waals surface area contributed by atoms with Gasteiger partial charge in [-0.2, -0.15) is 0 Å². The minimum absolute atomic E-state index is 0.0890. The number of morpholine rings is 1. The topological polar surface area (TPSA) is 119 Å². The van der Waals surface area contributed by atoms with Gasteiger partial charge in [-0.05, 0) is 37.8 Å². The van der Waals surface area contributed by atoms with E-state index < -0.39 is 28.1 Å². The third kappa shape index (κ3) is 4.46. The number of carbonyl (C=O) groups is 3. The van der Waals surface area contributed by atoms with Gasteiger partial charge in [0.25, 0.3) is 16.8 Å². The number of hydrogen-bond donors (Lipinski definition) is 0. The zero-order chi connectivity index (χ0) is 21.8. The van der Waals surface area contributed by atoms with Crippen molar-refractivity contribution in [1.82, 2.24) is 4.90 Å². The number of nitrogens with zero attached hydrogens (tertiary/aromatic N) is 3. The summed E-state index contributed by atoms with van der Waals surface area (Å²) in [5.74, 6) is -1.31. The van der Waals surface area contributed by atoms with Crippen LogP contribution in [0.3, 0.4) is 0 Å². The zero-order valence-electron chi connectivity index (χ0n) is 16.5. The third-order valence-electron chi connectivity index (χ3n) is 4.70. The fraction of sp³-hybridized carbons (Fsp3) is 0.421. The standard InChI is InChI=1S/C19H21N3O7S/c1-3-29-18(24)12(2)21-17(23)16(30-19(21)25)11-13-10-14(22(26)27)4-5-15(13)20-6-8-28-9-7-20/h4-5,10-12H,3,6-9H2,1-2H3/b16-11-/t12-/m0/s1. The van der Waals surface area contributed by atoms with Crippen molar-refractivity contribution in [2.75, 3.05) is 37.8 Å². The molecule has 2 saturated heterocycles. The maximum absolute atomic E-state index is 12.8. The molecule has 0 spiro atoms. The Hall–Kier alpha value is -2.92. The van der Waals surface area contributed by atoms with Crippen LogP contribution in [-0.2, 0) is 19.1 Å². The van der Waals surface area contributed by atoms with Gasteiger partial charge in [0, 0.05) is 36.5 Å². The summed E-state index contributed by atoms with van der Waals surface area (Å²) in [5, 5.41) is 10.6. The van der Waals surface area contributed by atoms with Gasteiger partial charge in [0.2, 0.25) is 0 Å². The number of ether oxygens (including phenoxy) is 2. The highest BCUT2D eigenvalue weighted by molar-refractivity contribution is 8.18. The number of nitro benzene ring substituents is 1. The Balaban J connectivity index is 1.95. The molecule has 2 heterocycles. The molecule has 2 aliphatic rings. The second-order valence-corrected chi connectivity index (χ2v) is 7.57. The van der Waals surface area contributed by atoms with Gasteiger partial charge in [0.05, 0.1) is 29.6 Å². The van der Waals surface area contributed by atoms with Crippen molar-refractivity contribution in [3.8, 4) is 0 Å². The molecular formula is C19H21N3O7S. The van der Waals surface area contributed by atoms with E-state index in [0.717, 1.165) is 4.90 Å². The van der Waals surface area contributed by atoms with E-state index in [-0.39, 0.29) is 17.2 Å². The normalized spacial score (nSPS) is 19.3. The summed E-state index contributed by atoms with van der Waals surface area (Å²) in [4.78, 5) is 50.8. The highest BCUT2D eigenvalue weighted by Gasteiger charge is 2.41. The molecule has 30 heavy (non-hydrogen) atoms. The quantitative estimate of drug-likeness (QED) is 0.287. The number of benzene rings is 1. The van der Waals surface area contributed by atoms with Gasteiger partial charge in [-0.15, -0.1) is 0 Å². The lowest BCUT2D eigenvalue weighted by atomic mass is 10.1. The molecule has 3 rings (SSSR count). The second kappa shape index (κ2) is 9.26. The number of imide groups is 1. The Morgan fingerprint density at radius 3 is 2.70 bits per heavy atom. The lowest BCUT2D eigenvalue weighted by Crippen LogP contribution is -2.42. The van der Waals surface area contributed by atoms with E-state index >= 15 is 0 Å². The Morgan fingerprint density at radius 1 is 1.37 bits per heavy atom. The van der Waals surface area contributed by atoms with Crippen LogP contribution in [0.15, 0.2) is 23.1 Å². The average molecular weight is 435 g/mol. The van der Waals surface area contributed by atoms with Crippen molar-refractivity contribution in [3.05, 3.63) is 38.8 Å². The number of amides is 2. The van der Waals surface area contributed by atoms with Crippen LogP contribution in [0.2, 0.25) is 0 Å². The van der Waals surface area contributed by atoms with Crippen molar-refractivity contribution in [2.24, 2.45) is 0 Å². The Bertz CT molecular complexity index is 911. The van der Waals surface area contributed by atoms with Crippen molar-refractivity contribution in [2.45, 2.75) is 19.9 Å². The number of anilines is 1. The fourth-order valence-electron chi connectivity index (χ4n) is 3.19. The Morgan fingerprint density at radius 2 is 2.07 bits per heavy atom. The number of non-ortho nitro benzene ring substituents is 1. The number of hydrogen-bond acceptors (Lipinski definition) is 9. The van der Waals surface area contributed by atoms with Gasteiger partial charge >= 0.3 is 5.97 Å². The highest BCUT2D eigenvalue weighted by Crippen LogP contribution is 2.36. The minimum Gasteiger partial charge on any atom is -0.464 e. The van der Waals surface area contributed by atoms with E-state index in [1.165, 1.54) is 25.1 Å². The Kier molecular flexibility index (Phi) is 6.73. The monoisotopic (exact) mass is 435 g/mol. The maximum Gasteiger partial charge on any atom is 0.329 e. The molecule has 2 aliphatic heterocycles. The number of carbonyl (C=O) groups excluding carboxylic acids is 3. The zero-order valence-corrected chi connectivity index (χ0v) is 17.3. The first kappa shape index (κ1) is 21.8. The second-order valence-electron chi connectivity index (χ2n) is 6.58. The summed E-state index contributed by atoms with van der Waals surface area (Å²) in [6, 6.07) is 3.33. The van der Waals surface area contributed by atoms with E-state index in [9.17, 15) is 24.5 Å². The summed E-state index contributed by atoms with van der Waals surface area (Å²) < 4.78 is 10.3. The molecule has 160 valence electrons. The summed E-state index contributed by atoms with van der Waals surface area (Å²) in [7, 11) is 0. The highest BCUT2D eigenvalue weighted by atomic mass is 32.2. The molecule has 0 N–H and O–H groups in total. The van der Waals surface area contributed by atoms with Crippen LogP contribution < -0.4 is 4.90 Å². The Labute approximate surface area is 176 Å². The summed E-state index contributed by atoms with van der Waals surface area (Å²) >= 11 is 0.688. The fourth-order valence-corrected chi connectivity index (χ4v) is 4.09. The van der Waals surface area contributed by atoms with Gasteiger partial charge in [-0.1, -0.05) is 0 Å². The van der Waals surface area contributed by atoms with Crippen LogP contribution in [0.1, 0.15) is 19.4 Å². The first-order valence-electron chi connectivity index (χ1n) is 9.38. The van der Waals surface area contributed by atoms with Crippen molar-refractivity contribution in [3.63, 3.8) is 0 Å². The molecule has 2 amide bonds. The number of thioether (sulfide) groups is 1. The molecule has 1 aromatic carbocycles. The van der Waals surface area contributed by atoms with Gasteiger partial charge in [0.15, 0.2) is 0 Å². The molecule has 11 heteroatoms. The van der Waals surface area contributed by atoms with Crippen LogP contribution in [0, 0.1) is 10.1 Å². The predicted octanol–water partition coefficient (Wildman–Crippen LogP) is 2.42.